The largest absolute Gasteiger partial charge is 0.472 e. The van der Waals surface area contributed by atoms with Crippen molar-refractivity contribution in [1.82, 2.24) is 9.29 Å². The lowest BCUT2D eigenvalue weighted by Gasteiger charge is -2.37. The van der Waals surface area contributed by atoms with E-state index < -0.39 is 15.8 Å². The maximum absolute atomic E-state index is 13.1. The number of sulfonamides is 1. The van der Waals surface area contributed by atoms with Gasteiger partial charge in [0.25, 0.3) is 0 Å². The molecule has 0 N–H and O–H groups in total. The van der Waals surface area contributed by atoms with Crippen LogP contribution in [-0.4, -0.2) is 36.9 Å². The second-order valence-electron chi connectivity index (χ2n) is 5.11. The Morgan fingerprint density at radius 3 is 2.73 bits per heavy atom. The molecule has 1 aliphatic rings. The number of halogens is 1. The molecule has 0 bridgehead atoms. The lowest BCUT2D eigenvalue weighted by Crippen LogP contribution is -2.56. The summed E-state index contributed by atoms with van der Waals surface area (Å²) in [5.74, 6) is -0.163. The summed E-state index contributed by atoms with van der Waals surface area (Å²) in [6, 6.07) is 10.9. The Morgan fingerprint density at radius 2 is 2.05 bits per heavy atom. The summed E-state index contributed by atoms with van der Waals surface area (Å²) in [6.07, 6.45) is 1.42. The van der Waals surface area contributed by atoms with Gasteiger partial charge < -0.3 is 4.74 Å². The third-order valence-electron chi connectivity index (χ3n) is 3.37. The van der Waals surface area contributed by atoms with E-state index in [0.717, 1.165) is 0 Å². The van der Waals surface area contributed by atoms with Gasteiger partial charge in [-0.05, 0) is 23.8 Å². The third-order valence-corrected chi connectivity index (χ3v) is 5.15. The van der Waals surface area contributed by atoms with Crippen molar-refractivity contribution in [3.05, 3.63) is 60.0 Å². The van der Waals surface area contributed by atoms with E-state index >= 15 is 0 Å². The highest BCUT2D eigenvalue weighted by atomic mass is 32.2. The number of ether oxygens (including phenoxy) is 1. The SMILES string of the molecule is O=S(=O)(Cc1cccc(F)c1)N1CC(Oc2ccccn2)C1. The zero-order chi connectivity index (χ0) is 15.6. The van der Waals surface area contributed by atoms with E-state index in [0.29, 0.717) is 11.4 Å². The summed E-state index contributed by atoms with van der Waals surface area (Å²) in [5, 5.41) is 0. The summed E-state index contributed by atoms with van der Waals surface area (Å²) in [7, 11) is -3.45. The van der Waals surface area contributed by atoms with Crippen LogP contribution in [0.15, 0.2) is 48.7 Å². The van der Waals surface area contributed by atoms with Crippen molar-refractivity contribution in [2.75, 3.05) is 13.1 Å². The monoisotopic (exact) mass is 322 g/mol. The van der Waals surface area contributed by atoms with E-state index in [1.54, 1.807) is 30.5 Å². The van der Waals surface area contributed by atoms with Crippen molar-refractivity contribution < 1.29 is 17.5 Å². The Morgan fingerprint density at radius 1 is 1.23 bits per heavy atom. The van der Waals surface area contributed by atoms with Gasteiger partial charge in [-0.15, -0.1) is 0 Å². The molecule has 2 heterocycles. The summed E-state index contributed by atoms with van der Waals surface area (Å²) < 4.78 is 44.5. The summed E-state index contributed by atoms with van der Waals surface area (Å²) in [4.78, 5) is 4.03. The van der Waals surface area contributed by atoms with Crippen LogP contribution in [0, 0.1) is 5.82 Å². The summed E-state index contributed by atoms with van der Waals surface area (Å²) >= 11 is 0. The number of benzene rings is 1. The van der Waals surface area contributed by atoms with Crippen molar-refractivity contribution in [1.29, 1.82) is 0 Å². The van der Waals surface area contributed by atoms with Gasteiger partial charge in [0, 0.05) is 12.3 Å². The number of hydrogen-bond donors (Lipinski definition) is 0. The first-order valence-electron chi connectivity index (χ1n) is 6.83. The number of pyridine rings is 1. The maximum Gasteiger partial charge on any atom is 0.218 e. The molecule has 116 valence electrons. The number of hydrogen-bond acceptors (Lipinski definition) is 4. The van der Waals surface area contributed by atoms with Gasteiger partial charge >= 0.3 is 0 Å². The van der Waals surface area contributed by atoms with Gasteiger partial charge in [-0.3, -0.25) is 0 Å². The molecular weight excluding hydrogens is 307 g/mol. The Bertz CT molecular complexity index is 746. The second kappa shape index (κ2) is 6.02. The van der Waals surface area contributed by atoms with Crippen LogP contribution in [0.5, 0.6) is 5.88 Å². The average molecular weight is 322 g/mol. The van der Waals surface area contributed by atoms with E-state index in [-0.39, 0.29) is 24.9 Å². The zero-order valence-corrected chi connectivity index (χ0v) is 12.5. The molecule has 0 unspecified atom stereocenters. The van der Waals surface area contributed by atoms with Crippen LogP contribution in [0.2, 0.25) is 0 Å². The van der Waals surface area contributed by atoms with E-state index in [4.69, 9.17) is 4.74 Å². The molecule has 1 aromatic heterocycles. The Labute approximate surface area is 128 Å². The highest BCUT2D eigenvalue weighted by molar-refractivity contribution is 7.88. The predicted octanol–water partition coefficient (Wildman–Crippen LogP) is 1.81. The molecule has 1 aromatic carbocycles. The third kappa shape index (κ3) is 3.42. The second-order valence-corrected chi connectivity index (χ2v) is 7.08. The van der Waals surface area contributed by atoms with E-state index in [1.165, 1.54) is 22.5 Å². The van der Waals surface area contributed by atoms with E-state index in [9.17, 15) is 12.8 Å². The molecule has 0 spiro atoms. The minimum absolute atomic E-state index is 0.197. The van der Waals surface area contributed by atoms with E-state index in [1.807, 2.05) is 0 Å². The quantitative estimate of drug-likeness (QED) is 0.842. The fraction of sp³-hybridized carbons (Fsp3) is 0.267. The summed E-state index contributed by atoms with van der Waals surface area (Å²) in [5.41, 5.74) is 0.439. The van der Waals surface area contributed by atoms with Crippen LogP contribution >= 0.6 is 0 Å². The highest BCUT2D eigenvalue weighted by Crippen LogP contribution is 2.21. The van der Waals surface area contributed by atoms with E-state index in [2.05, 4.69) is 4.98 Å². The van der Waals surface area contributed by atoms with Crippen LogP contribution in [0.25, 0.3) is 0 Å². The Balaban J connectivity index is 1.57. The molecule has 0 amide bonds. The molecule has 22 heavy (non-hydrogen) atoms. The lowest BCUT2D eigenvalue weighted by atomic mass is 10.2. The predicted molar refractivity (Wildman–Crippen MR) is 79.2 cm³/mol. The van der Waals surface area contributed by atoms with Crippen LogP contribution in [0.3, 0.4) is 0 Å². The molecular formula is C15H15FN2O3S. The first kappa shape index (κ1) is 14.9. The minimum atomic E-state index is -3.45. The van der Waals surface area contributed by atoms with Crippen LogP contribution in [0.1, 0.15) is 5.56 Å². The zero-order valence-electron chi connectivity index (χ0n) is 11.7. The summed E-state index contributed by atoms with van der Waals surface area (Å²) in [6.45, 7) is 0.572. The van der Waals surface area contributed by atoms with Crippen molar-refractivity contribution in [3.8, 4) is 5.88 Å². The van der Waals surface area contributed by atoms with Crippen LogP contribution in [0.4, 0.5) is 4.39 Å². The molecule has 1 fully saturated rings. The van der Waals surface area contributed by atoms with Gasteiger partial charge in [0.05, 0.1) is 18.8 Å². The van der Waals surface area contributed by atoms with Crippen molar-refractivity contribution >= 4 is 10.0 Å². The Kier molecular flexibility index (Phi) is 4.08. The molecule has 5 nitrogen and oxygen atoms in total. The minimum Gasteiger partial charge on any atom is -0.472 e. The van der Waals surface area contributed by atoms with Gasteiger partial charge in [0.2, 0.25) is 15.9 Å². The lowest BCUT2D eigenvalue weighted by molar-refractivity contribution is 0.0720. The van der Waals surface area contributed by atoms with Crippen molar-refractivity contribution in [2.24, 2.45) is 0 Å². The first-order valence-corrected chi connectivity index (χ1v) is 8.44. The maximum atomic E-state index is 13.1. The van der Waals surface area contributed by atoms with Crippen LogP contribution < -0.4 is 4.74 Å². The topological polar surface area (TPSA) is 59.5 Å². The van der Waals surface area contributed by atoms with Crippen molar-refractivity contribution in [3.63, 3.8) is 0 Å². The first-order chi connectivity index (χ1) is 10.5. The average Bonchev–Trinajstić information content (AvgIpc) is 2.43. The van der Waals surface area contributed by atoms with Gasteiger partial charge in [0.15, 0.2) is 0 Å². The van der Waals surface area contributed by atoms with Crippen molar-refractivity contribution in [2.45, 2.75) is 11.9 Å². The van der Waals surface area contributed by atoms with Gasteiger partial charge in [-0.1, -0.05) is 18.2 Å². The molecule has 0 radical (unpaired) electrons. The highest BCUT2D eigenvalue weighted by Gasteiger charge is 2.37. The van der Waals surface area contributed by atoms with Gasteiger partial charge in [-0.25, -0.2) is 17.8 Å². The molecule has 7 heteroatoms. The molecule has 0 saturated carbocycles. The fourth-order valence-electron chi connectivity index (χ4n) is 2.22. The van der Waals surface area contributed by atoms with Crippen LogP contribution in [-0.2, 0) is 15.8 Å². The normalized spacial score (nSPS) is 16.2. The Hall–Kier alpha value is -1.99. The number of rotatable bonds is 5. The molecule has 3 rings (SSSR count). The molecule has 1 aliphatic heterocycles. The smallest absolute Gasteiger partial charge is 0.218 e. The number of aromatic nitrogens is 1. The molecule has 2 aromatic rings. The molecule has 0 aliphatic carbocycles. The van der Waals surface area contributed by atoms with Gasteiger partial charge in [0.1, 0.15) is 11.9 Å². The number of nitrogens with zero attached hydrogens (tertiary/aromatic N) is 2. The molecule has 0 atom stereocenters. The molecule has 1 saturated heterocycles. The fourth-order valence-corrected chi connectivity index (χ4v) is 3.79. The standard InChI is InChI=1S/C15H15FN2O3S/c16-13-5-3-4-12(8-13)11-22(19,20)18-9-14(10-18)21-15-6-1-2-7-17-15/h1-8,14H,9-11H2. The van der Waals surface area contributed by atoms with Gasteiger partial charge in [-0.2, -0.15) is 4.31 Å².